The van der Waals surface area contributed by atoms with Crippen LogP contribution in [0.2, 0.25) is 0 Å². The summed E-state index contributed by atoms with van der Waals surface area (Å²) in [6, 6.07) is 11.5. The fourth-order valence-corrected chi connectivity index (χ4v) is 3.32. The lowest BCUT2D eigenvalue weighted by atomic mass is 10.1. The van der Waals surface area contributed by atoms with Gasteiger partial charge in [0, 0.05) is 44.0 Å². The Balaban J connectivity index is 1.45. The van der Waals surface area contributed by atoms with E-state index in [1.54, 1.807) is 35.4 Å². The highest BCUT2D eigenvalue weighted by atomic mass is 19.1. The molecule has 0 unspecified atom stereocenters. The number of halogens is 1. The third-order valence-electron chi connectivity index (χ3n) is 4.88. The van der Waals surface area contributed by atoms with Gasteiger partial charge in [0.05, 0.1) is 12.8 Å². The molecule has 3 aromatic rings. The van der Waals surface area contributed by atoms with Crippen LogP contribution in [-0.4, -0.2) is 59.0 Å². The minimum absolute atomic E-state index is 0.0933. The van der Waals surface area contributed by atoms with E-state index in [0.29, 0.717) is 37.6 Å². The summed E-state index contributed by atoms with van der Waals surface area (Å²) in [5.41, 5.74) is 2.02. The first-order chi connectivity index (χ1) is 14.2. The van der Waals surface area contributed by atoms with Crippen LogP contribution in [0, 0.1) is 5.82 Å². The number of piperazine rings is 1. The van der Waals surface area contributed by atoms with Gasteiger partial charge >= 0.3 is 0 Å². The summed E-state index contributed by atoms with van der Waals surface area (Å²) in [5, 5.41) is 0. The normalized spacial score (nSPS) is 14.0. The van der Waals surface area contributed by atoms with Crippen LogP contribution in [0.15, 0.2) is 55.0 Å². The van der Waals surface area contributed by atoms with Crippen LogP contribution in [0.3, 0.4) is 0 Å². The fourth-order valence-electron chi connectivity index (χ4n) is 3.32. The maximum absolute atomic E-state index is 13.2. The molecule has 1 amide bonds. The van der Waals surface area contributed by atoms with Gasteiger partial charge in [-0.15, -0.1) is 0 Å². The highest BCUT2D eigenvalue weighted by Crippen LogP contribution is 2.23. The average Bonchev–Trinajstić information content (AvgIpc) is 2.79. The summed E-state index contributed by atoms with van der Waals surface area (Å²) in [7, 11) is 1.50. The lowest BCUT2D eigenvalue weighted by molar-refractivity contribution is 0.0742. The first-order valence-electron chi connectivity index (χ1n) is 9.27. The van der Waals surface area contributed by atoms with Crippen LogP contribution in [-0.2, 0) is 0 Å². The highest BCUT2D eigenvalue weighted by molar-refractivity contribution is 5.96. The summed E-state index contributed by atoms with van der Waals surface area (Å²) in [6.45, 7) is 2.42. The number of ether oxygens (including phenoxy) is 1. The molecule has 1 aliphatic rings. The molecule has 7 nitrogen and oxygen atoms in total. The zero-order valence-electron chi connectivity index (χ0n) is 16.0. The molecule has 8 heteroatoms. The minimum Gasteiger partial charge on any atom is -0.480 e. The van der Waals surface area contributed by atoms with Crippen molar-refractivity contribution in [3.8, 4) is 17.1 Å². The Morgan fingerprint density at radius 2 is 1.79 bits per heavy atom. The van der Waals surface area contributed by atoms with Crippen molar-refractivity contribution in [1.82, 2.24) is 19.9 Å². The summed E-state index contributed by atoms with van der Waals surface area (Å²) < 4.78 is 18.4. The van der Waals surface area contributed by atoms with Crippen molar-refractivity contribution in [1.29, 1.82) is 0 Å². The monoisotopic (exact) mass is 393 g/mol. The van der Waals surface area contributed by atoms with Crippen LogP contribution in [0.5, 0.6) is 5.88 Å². The minimum atomic E-state index is -0.283. The Morgan fingerprint density at radius 3 is 2.52 bits per heavy atom. The SMILES string of the molecule is COc1ncccc1C(=O)N1CCN(c2cc(-c3ccc(F)cc3)ncn2)CC1. The standard InChI is InChI=1S/C21H20FN5O2/c1-29-20-17(3-2-8-23-20)21(28)27-11-9-26(10-12-27)19-13-18(24-14-25-19)15-4-6-16(22)7-5-15/h2-8,13-14H,9-12H2,1H3. The molecule has 29 heavy (non-hydrogen) atoms. The molecule has 0 spiro atoms. The number of hydrogen-bond acceptors (Lipinski definition) is 6. The Bertz CT molecular complexity index is 1000. The van der Waals surface area contributed by atoms with E-state index in [4.69, 9.17) is 4.74 Å². The second-order valence-corrected chi connectivity index (χ2v) is 6.61. The van der Waals surface area contributed by atoms with E-state index in [-0.39, 0.29) is 11.7 Å². The number of benzene rings is 1. The predicted molar refractivity (Wildman–Crippen MR) is 106 cm³/mol. The smallest absolute Gasteiger partial charge is 0.259 e. The number of pyridine rings is 1. The van der Waals surface area contributed by atoms with Gasteiger partial charge in [0.1, 0.15) is 23.5 Å². The van der Waals surface area contributed by atoms with Gasteiger partial charge in [0.2, 0.25) is 5.88 Å². The molecule has 148 valence electrons. The van der Waals surface area contributed by atoms with Crippen molar-refractivity contribution >= 4 is 11.7 Å². The molecule has 0 N–H and O–H groups in total. The zero-order chi connectivity index (χ0) is 20.2. The molecule has 1 saturated heterocycles. The molecule has 1 aliphatic heterocycles. The Labute approximate surface area is 167 Å². The summed E-state index contributed by atoms with van der Waals surface area (Å²) in [4.78, 5) is 29.5. The molecular formula is C21H20FN5O2. The topological polar surface area (TPSA) is 71.5 Å². The maximum Gasteiger partial charge on any atom is 0.259 e. The average molecular weight is 393 g/mol. The van der Waals surface area contributed by atoms with E-state index in [1.807, 2.05) is 6.07 Å². The highest BCUT2D eigenvalue weighted by Gasteiger charge is 2.25. The third kappa shape index (κ3) is 4.01. The van der Waals surface area contributed by atoms with Gasteiger partial charge in [-0.2, -0.15) is 0 Å². The van der Waals surface area contributed by atoms with Gasteiger partial charge in [0.25, 0.3) is 5.91 Å². The van der Waals surface area contributed by atoms with Crippen molar-refractivity contribution in [2.75, 3.05) is 38.2 Å². The first kappa shape index (κ1) is 18.8. The number of carbonyl (C=O) groups is 1. The van der Waals surface area contributed by atoms with E-state index in [0.717, 1.165) is 17.1 Å². The fraction of sp³-hybridized carbons (Fsp3) is 0.238. The van der Waals surface area contributed by atoms with Crippen LogP contribution < -0.4 is 9.64 Å². The molecule has 0 saturated carbocycles. The quantitative estimate of drug-likeness (QED) is 0.679. The van der Waals surface area contributed by atoms with Crippen molar-refractivity contribution in [2.45, 2.75) is 0 Å². The number of amides is 1. The van der Waals surface area contributed by atoms with Crippen LogP contribution >= 0.6 is 0 Å². The molecule has 1 fully saturated rings. The molecule has 2 aromatic heterocycles. The van der Waals surface area contributed by atoms with Crippen molar-refractivity contribution in [2.24, 2.45) is 0 Å². The molecule has 0 bridgehead atoms. The van der Waals surface area contributed by atoms with E-state index >= 15 is 0 Å². The lowest BCUT2D eigenvalue weighted by Gasteiger charge is -2.35. The number of carbonyl (C=O) groups excluding carboxylic acids is 1. The molecule has 0 atom stereocenters. The number of rotatable bonds is 4. The van der Waals surface area contributed by atoms with Crippen molar-refractivity contribution < 1.29 is 13.9 Å². The summed E-state index contributed by atoms with van der Waals surface area (Å²) >= 11 is 0. The maximum atomic E-state index is 13.2. The summed E-state index contributed by atoms with van der Waals surface area (Å²) in [5.74, 6) is 0.739. The van der Waals surface area contributed by atoms with Gasteiger partial charge in [-0.25, -0.2) is 19.3 Å². The second-order valence-electron chi connectivity index (χ2n) is 6.61. The Morgan fingerprint density at radius 1 is 1.03 bits per heavy atom. The van der Waals surface area contributed by atoms with Crippen molar-refractivity contribution in [3.05, 3.63) is 66.4 Å². The largest absolute Gasteiger partial charge is 0.480 e. The van der Waals surface area contributed by atoms with Gasteiger partial charge in [0.15, 0.2) is 0 Å². The number of methoxy groups -OCH3 is 1. The molecule has 4 rings (SSSR count). The van der Waals surface area contributed by atoms with Crippen molar-refractivity contribution in [3.63, 3.8) is 0 Å². The van der Waals surface area contributed by atoms with Crippen LogP contribution in [0.4, 0.5) is 10.2 Å². The number of nitrogens with zero attached hydrogens (tertiary/aromatic N) is 5. The predicted octanol–water partition coefficient (Wildman–Crippen LogP) is 2.65. The molecule has 0 aliphatic carbocycles. The van der Waals surface area contributed by atoms with Crippen LogP contribution in [0.1, 0.15) is 10.4 Å². The van der Waals surface area contributed by atoms with Gasteiger partial charge in [-0.1, -0.05) is 0 Å². The third-order valence-corrected chi connectivity index (χ3v) is 4.88. The first-order valence-corrected chi connectivity index (χ1v) is 9.27. The lowest BCUT2D eigenvalue weighted by Crippen LogP contribution is -2.49. The van der Waals surface area contributed by atoms with E-state index in [9.17, 15) is 9.18 Å². The van der Waals surface area contributed by atoms with Crippen LogP contribution in [0.25, 0.3) is 11.3 Å². The number of hydrogen-bond donors (Lipinski definition) is 0. The molecule has 1 aromatic carbocycles. The van der Waals surface area contributed by atoms with Gasteiger partial charge in [-0.05, 0) is 36.4 Å². The van der Waals surface area contributed by atoms with E-state index < -0.39 is 0 Å². The van der Waals surface area contributed by atoms with E-state index in [2.05, 4.69) is 19.9 Å². The Hall–Kier alpha value is -3.55. The summed E-state index contributed by atoms with van der Waals surface area (Å²) in [6.07, 6.45) is 3.10. The molecule has 0 radical (unpaired) electrons. The van der Waals surface area contributed by atoms with E-state index in [1.165, 1.54) is 25.6 Å². The molecule has 3 heterocycles. The second kappa shape index (κ2) is 8.22. The number of anilines is 1. The number of aromatic nitrogens is 3. The van der Waals surface area contributed by atoms with Gasteiger partial charge in [-0.3, -0.25) is 4.79 Å². The molecular weight excluding hydrogens is 373 g/mol. The Kier molecular flexibility index (Phi) is 5.33. The van der Waals surface area contributed by atoms with Gasteiger partial charge < -0.3 is 14.5 Å². The zero-order valence-corrected chi connectivity index (χ0v) is 16.0.